The van der Waals surface area contributed by atoms with E-state index in [1.807, 2.05) is 0 Å². The second kappa shape index (κ2) is 9.55. The summed E-state index contributed by atoms with van der Waals surface area (Å²) in [6.45, 7) is 3.76. The van der Waals surface area contributed by atoms with Gasteiger partial charge in [0.25, 0.3) is 0 Å². The second-order valence-electron chi connectivity index (χ2n) is 6.26. The first-order valence-electron chi connectivity index (χ1n) is 9.22. The maximum Gasteiger partial charge on any atom is 0.338 e. The van der Waals surface area contributed by atoms with Crippen molar-refractivity contribution in [3.8, 4) is 17.2 Å². The largest absolute Gasteiger partial charge is 0.506 e. The molecule has 0 saturated carbocycles. The molecule has 0 saturated heterocycles. The van der Waals surface area contributed by atoms with Gasteiger partial charge in [0.15, 0.2) is 0 Å². The number of hydrogen-bond donors (Lipinski definition) is 1. The van der Waals surface area contributed by atoms with Gasteiger partial charge >= 0.3 is 11.9 Å². The number of unbranched alkanes of at least 4 members (excludes halogenated alkanes) is 1. The number of aromatic hydroxyl groups is 1. The fourth-order valence-corrected chi connectivity index (χ4v) is 2.62. The number of benzene rings is 2. The SMILES string of the molecule is C=CC(=O)OCCCCOC(=O)c1ccc2nn(-c3cc(OC)ccc3O)nc2c1. The van der Waals surface area contributed by atoms with Gasteiger partial charge < -0.3 is 19.3 Å². The molecule has 1 heterocycles. The number of carbonyl (C=O) groups excluding carboxylic acids is 2. The number of phenols is 1. The Morgan fingerprint density at radius 3 is 2.53 bits per heavy atom. The van der Waals surface area contributed by atoms with E-state index in [9.17, 15) is 14.7 Å². The molecule has 3 rings (SSSR count). The highest BCUT2D eigenvalue weighted by molar-refractivity contribution is 5.93. The minimum atomic E-state index is -0.487. The third-order valence-corrected chi connectivity index (χ3v) is 4.20. The number of esters is 2. The summed E-state index contributed by atoms with van der Waals surface area (Å²) in [5, 5.41) is 18.8. The average molecular weight is 411 g/mol. The van der Waals surface area contributed by atoms with Gasteiger partial charge in [-0.2, -0.15) is 0 Å². The minimum absolute atomic E-state index is 0.00508. The molecule has 1 N–H and O–H groups in total. The summed E-state index contributed by atoms with van der Waals surface area (Å²) in [6.07, 6.45) is 2.23. The highest BCUT2D eigenvalue weighted by Gasteiger charge is 2.13. The zero-order valence-electron chi connectivity index (χ0n) is 16.4. The number of phenolic OH excluding ortho intramolecular Hbond substituents is 1. The first-order valence-corrected chi connectivity index (χ1v) is 9.22. The average Bonchev–Trinajstić information content (AvgIpc) is 3.19. The first kappa shape index (κ1) is 20.8. The highest BCUT2D eigenvalue weighted by atomic mass is 16.5. The van der Waals surface area contributed by atoms with Gasteiger partial charge in [0.05, 0.1) is 25.9 Å². The number of ether oxygens (including phenoxy) is 3. The van der Waals surface area contributed by atoms with Crippen LogP contribution >= 0.6 is 0 Å². The molecule has 0 spiro atoms. The van der Waals surface area contributed by atoms with Gasteiger partial charge in [-0.25, -0.2) is 9.59 Å². The van der Waals surface area contributed by atoms with Crippen molar-refractivity contribution in [3.05, 3.63) is 54.6 Å². The lowest BCUT2D eigenvalue weighted by Gasteiger charge is -2.05. The molecule has 30 heavy (non-hydrogen) atoms. The van der Waals surface area contributed by atoms with Crippen LogP contribution in [0.4, 0.5) is 0 Å². The maximum absolute atomic E-state index is 12.3. The van der Waals surface area contributed by atoms with Crippen molar-refractivity contribution in [1.82, 2.24) is 15.0 Å². The van der Waals surface area contributed by atoms with E-state index >= 15 is 0 Å². The van der Waals surface area contributed by atoms with E-state index in [-0.39, 0.29) is 19.0 Å². The lowest BCUT2D eigenvalue weighted by molar-refractivity contribution is -0.137. The zero-order chi connectivity index (χ0) is 21.5. The summed E-state index contributed by atoms with van der Waals surface area (Å²) in [4.78, 5) is 24.5. The van der Waals surface area contributed by atoms with Crippen molar-refractivity contribution in [3.63, 3.8) is 0 Å². The van der Waals surface area contributed by atoms with Crippen molar-refractivity contribution in [2.45, 2.75) is 12.8 Å². The maximum atomic E-state index is 12.3. The Hall–Kier alpha value is -3.88. The van der Waals surface area contributed by atoms with Crippen molar-refractivity contribution in [1.29, 1.82) is 0 Å². The van der Waals surface area contributed by atoms with Crippen LogP contribution in [0.25, 0.3) is 16.7 Å². The third kappa shape index (κ3) is 4.93. The normalized spacial score (nSPS) is 10.6. The summed E-state index contributed by atoms with van der Waals surface area (Å²) in [5.41, 5.74) is 1.72. The molecule has 9 nitrogen and oxygen atoms in total. The Balaban J connectivity index is 1.64. The monoisotopic (exact) mass is 411 g/mol. The highest BCUT2D eigenvalue weighted by Crippen LogP contribution is 2.26. The Morgan fingerprint density at radius 1 is 1.07 bits per heavy atom. The summed E-state index contributed by atoms with van der Waals surface area (Å²) in [6, 6.07) is 9.55. The Labute approximate surface area is 172 Å². The van der Waals surface area contributed by atoms with Gasteiger partial charge in [-0.1, -0.05) is 6.58 Å². The molecule has 9 heteroatoms. The van der Waals surface area contributed by atoms with Crippen LogP contribution in [-0.4, -0.2) is 52.4 Å². The van der Waals surface area contributed by atoms with Crippen LogP contribution in [0.1, 0.15) is 23.2 Å². The van der Waals surface area contributed by atoms with Crippen molar-refractivity contribution < 1.29 is 28.9 Å². The number of aromatic nitrogens is 3. The number of hydrogen-bond acceptors (Lipinski definition) is 8. The lowest BCUT2D eigenvalue weighted by Crippen LogP contribution is -2.08. The molecule has 0 amide bonds. The fourth-order valence-electron chi connectivity index (χ4n) is 2.62. The van der Waals surface area contributed by atoms with Crippen molar-refractivity contribution >= 4 is 23.0 Å². The summed E-state index contributed by atoms with van der Waals surface area (Å²) >= 11 is 0. The van der Waals surface area contributed by atoms with Crippen LogP contribution in [0.5, 0.6) is 11.5 Å². The lowest BCUT2D eigenvalue weighted by atomic mass is 10.2. The molecular formula is C21H21N3O6. The van der Waals surface area contributed by atoms with Crippen LogP contribution < -0.4 is 4.74 Å². The van der Waals surface area contributed by atoms with Crippen LogP contribution in [0.2, 0.25) is 0 Å². The van der Waals surface area contributed by atoms with Gasteiger partial charge in [0.1, 0.15) is 28.2 Å². The molecule has 2 aromatic carbocycles. The van der Waals surface area contributed by atoms with Gasteiger partial charge in [0, 0.05) is 12.1 Å². The Kier molecular flexibility index (Phi) is 6.63. The van der Waals surface area contributed by atoms with Gasteiger partial charge in [0.2, 0.25) is 0 Å². The summed E-state index contributed by atoms with van der Waals surface area (Å²) in [5.74, 6) is -0.420. The molecule has 1 aromatic heterocycles. The third-order valence-electron chi connectivity index (χ3n) is 4.20. The van der Waals surface area contributed by atoms with E-state index in [1.165, 1.54) is 18.0 Å². The molecule has 0 atom stereocenters. The van der Waals surface area contributed by atoms with Crippen LogP contribution in [0.3, 0.4) is 0 Å². The zero-order valence-corrected chi connectivity index (χ0v) is 16.4. The number of methoxy groups -OCH3 is 1. The Morgan fingerprint density at radius 2 is 1.80 bits per heavy atom. The van der Waals surface area contributed by atoms with Crippen LogP contribution in [0, 0.1) is 0 Å². The molecule has 0 bridgehead atoms. The fraction of sp³-hybridized carbons (Fsp3) is 0.238. The van der Waals surface area contributed by atoms with E-state index in [0.717, 1.165) is 6.08 Å². The quantitative estimate of drug-likeness (QED) is 0.325. The molecule has 0 fully saturated rings. The van der Waals surface area contributed by atoms with Gasteiger partial charge in [-0.05, 0) is 43.2 Å². The number of carbonyl (C=O) groups is 2. The smallest absolute Gasteiger partial charge is 0.338 e. The van der Waals surface area contributed by atoms with Gasteiger partial charge in [-0.3, -0.25) is 0 Å². The molecule has 0 radical (unpaired) electrons. The van der Waals surface area contributed by atoms with E-state index in [0.29, 0.717) is 40.9 Å². The molecule has 0 aliphatic carbocycles. The molecule has 0 aliphatic heterocycles. The molecule has 0 aliphatic rings. The predicted octanol–water partition coefficient (Wildman–Crippen LogP) is 2.80. The van der Waals surface area contributed by atoms with E-state index in [1.54, 1.807) is 30.3 Å². The second-order valence-corrected chi connectivity index (χ2v) is 6.26. The standard InChI is InChI=1S/C21H21N3O6/c1-3-20(26)29-10-4-5-11-30-21(27)14-6-8-16-17(12-14)23-24(22-16)18-13-15(28-2)7-9-19(18)25/h3,6-9,12-13,25H,1,4-5,10-11H2,2H3. The van der Waals surface area contributed by atoms with E-state index < -0.39 is 11.9 Å². The molecule has 0 unspecified atom stereocenters. The predicted molar refractivity (Wildman–Crippen MR) is 108 cm³/mol. The number of nitrogens with zero attached hydrogens (tertiary/aromatic N) is 3. The Bertz CT molecular complexity index is 1080. The molecule has 156 valence electrons. The molecular weight excluding hydrogens is 390 g/mol. The number of rotatable bonds is 9. The van der Waals surface area contributed by atoms with Crippen molar-refractivity contribution in [2.24, 2.45) is 0 Å². The van der Waals surface area contributed by atoms with Gasteiger partial charge in [-0.15, -0.1) is 15.0 Å². The summed E-state index contributed by atoms with van der Waals surface area (Å²) < 4.78 is 15.3. The summed E-state index contributed by atoms with van der Waals surface area (Å²) in [7, 11) is 1.52. The van der Waals surface area contributed by atoms with E-state index in [4.69, 9.17) is 14.2 Å². The number of fused-ring (bicyclic) bond motifs is 1. The van der Waals surface area contributed by atoms with Crippen LogP contribution in [-0.2, 0) is 14.3 Å². The van der Waals surface area contributed by atoms with Crippen LogP contribution in [0.15, 0.2) is 49.1 Å². The molecule has 3 aromatic rings. The van der Waals surface area contributed by atoms with E-state index in [2.05, 4.69) is 16.8 Å². The van der Waals surface area contributed by atoms with Crippen molar-refractivity contribution in [2.75, 3.05) is 20.3 Å². The minimum Gasteiger partial charge on any atom is -0.506 e. The topological polar surface area (TPSA) is 113 Å². The first-order chi connectivity index (χ1) is 14.5.